The minimum absolute atomic E-state index is 0.0670. The molecule has 23 heavy (non-hydrogen) atoms. The summed E-state index contributed by atoms with van der Waals surface area (Å²) in [6.07, 6.45) is 0.185. The van der Waals surface area contributed by atoms with Crippen LogP contribution in [0.15, 0.2) is 28.7 Å². The minimum Gasteiger partial charge on any atom is -0.436 e. The Balaban J connectivity index is 2.14. The molecule has 0 aliphatic carbocycles. The molecule has 0 aliphatic rings. The van der Waals surface area contributed by atoms with Gasteiger partial charge >= 0.3 is 0 Å². The van der Waals surface area contributed by atoms with Gasteiger partial charge in [-0.1, -0.05) is 18.5 Å². The van der Waals surface area contributed by atoms with Crippen LogP contribution in [0.4, 0.5) is 30.4 Å². The molecule has 0 aliphatic heterocycles. The second-order valence-electron chi connectivity index (χ2n) is 4.98. The van der Waals surface area contributed by atoms with Gasteiger partial charge in [0, 0.05) is 11.3 Å². The number of nitrogens with two attached hydrogens (primary N) is 1. The number of fused-ring (bicyclic) bond motifs is 1. The lowest BCUT2D eigenvalue weighted by Gasteiger charge is -2.07. The third-order valence-corrected chi connectivity index (χ3v) is 3.83. The van der Waals surface area contributed by atoms with Crippen LogP contribution in [0.3, 0.4) is 0 Å². The molecule has 7 heteroatoms. The Morgan fingerprint density at radius 1 is 1.17 bits per heavy atom. The van der Waals surface area contributed by atoms with Crippen LogP contribution in [-0.4, -0.2) is 0 Å². The average molecular weight is 341 g/mol. The van der Waals surface area contributed by atoms with Gasteiger partial charge in [0.15, 0.2) is 11.4 Å². The molecule has 0 saturated carbocycles. The lowest BCUT2D eigenvalue weighted by atomic mass is 10.1. The fraction of sp³-hybridized carbons (Fsp3) is 0.125. The summed E-state index contributed by atoms with van der Waals surface area (Å²) in [5, 5.41) is 2.92. The van der Waals surface area contributed by atoms with Gasteiger partial charge in [-0.15, -0.1) is 0 Å². The van der Waals surface area contributed by atoms with Gasteiger partial charge in [-0.25, -0.2) is 13.2 Å². The molecular formula is C16H12ClF3N2O. The summed E-state index contributed by atoms with van der Waals surface area (Å²) in [5.41, 5.74) is 6.16. The molecular weight excluding hydrogens is 329 g/mol. The second-order valence-corrected chi connectivity index (χ2v) is 5.38. The zero-order valence-electron chi connectivity index (χ0n) is 12.0. The van der Waals surface area contributed by atoms with E-state index in [-0.39, 0.29) is 39.5 Å². The van der Waals surface area contributed by atoms with E-state index >= 15 is 0 Å². The Hall–Kier alpha value is -2.34. The van der Waals surface area contributed by atoms with Crippen molar-refractivity contribution in [1.29, 1.82) is 0 Å². The van der Waals surface area contributed by atoms with Gasteiger partial charge in [0.1, 0.15) is 17.3 Å². The summed E-state index contributed by atoms with van der Waals surface area (Å²) in [5.74, 6) is -2.14. The highest BCUT2D eigenvalue weighted by atomic mass is 35.5. The second kappa shape index (κ2) is 5.70. The largest absolute Gasteiger partial charge is 0.436 e. The maximum absolute atomic E-state index is 14.3. The van der Waals surface area contributed by atoms with Gasteiger partial charge in [-0.05, 0) is 30.7 Å². The molecule has 3 aromatic rings. The van der Waals surface area contributed by atoms with Crippen molar-refractivity contribution < 1.29 is 17.6 Å². The van der Waals surface area contributed by atoms with Gasteiger partial charge in [0.05, 0.1) is 10.4 Å². The number of rotatable bonds is 3. The molecule has 1 aromatic heterocycles. The Morgan fingerprint density at radius 3 is 2.57 bits per heavy atom. The molecule has 0 saturated heterocycles. The lowest BCUT2D eigenvalue weighted by Crippen LogP contribution is -1.96. The molecule has 0 fully saturated rings. The Labute approximate surface area is 134 Å². The Kier molecular flexibility index (Phi) is 3.85. The van der Waals surface area contributed by atoms with E-state index in [1.807, 2.05) is 0 Å². The molecule has 3 rings (SSSR count). The smallest absolute Gasteiger partial charge is 0.215 e. The number of nitrogen functional groups attached to an aromatic ring is 1. The normalized spacial score (nSPS) is 11.2. The van der Waals surface area contributed by atoms with E-state index < -0.39 is 17.5 Å². The Morgan fingerprint density at radius 2 is 1.91 bits per heavy atom. The number of hydrogen-bond acceptors (Lipinski definition) is 3. The number of halogens is 4. The van der Waals surface area contributed by atoms with Crippen LogP contribution >= 0.6 is 11.6 Å². The first-order valence-electron chi connectivity index (χ1n) is 6.83. The lowest BCUT2D eigenvalue weighted by molar-refractivity contribution is 0.538. The molecule has 0 amide bonds. The van der Waals surface area contributed by atoms with Crippen molar-refractivity contribution in [1.82, 2.24) is 0 Å². The summed E-state index contributed by atoms with van der Waals surface area (Å²) in [6, 6.07) is 5.08. The van der Waals surface area contributed by atoms with E-state index in [1.165, 1.54) is 18.2 Å². The highest BCUT2D eigenvalue weighted by molar-refractivity contribution is 6.31. The minimum atomic E-state index is -0.778. The van der Waals surface area contributed by atoms with Crippen molar-refractivity contribution >= 4 is 39.8 Å². The van der Waals surface area contributed by atoms with E-state index in [0.717, 1.165) is 6.07 Å². The quantitative estimate of drug-likeness (QED) is 0.672. The standard InChI is InChI=1S/C16H12ClF3N2O/c1-2-8-12(19)6-9-14(16(21)23-15(9)13(8)20)22-7-3-4-11(18)10(17)5-7/h3-6,22H,2,21H2,1H3. The fourth-order valence-corrected chi connectivity index (χ4v) is 2.57. The first kappa shape index (κ1) is 15.6. The number of benzene rings is 2. The molecule has 0 atom stereocenters. The van der Waals surface area contributed by atoms with Crippen LogP contribution in [0, 0.1) is 17.5 Å². The van der Waals surface area contributed by atoms with Gasteiger partial charge < -0.3 is 15.5 Å². The van der Waals surface area contributed by atoms with Crippen molar-refractivity contribution in [3.05, 3.63) is 52.3 Å². The first-order chi connectivity index (χ1) is 10.9. The third-order valence-electron chi connectivity index (χ3n) is 3.54. The summed E-state index contributed by atoms with van der Waals surface area (Å²) >= 11 is 5.71. The van der Waals surface area contributed by atoms with Crippen LogP contribution in [0.5, 0.6) is 0 Å². The number of furan rings is 1. The first-order valence-corrected chi connectivity index (χ1v) is 7.21. The van der Waals surface area contributed by atoms with Crippen LogP contribution in [0.1, 0.15) is 12.5 Å². The number of hydrogen-bond donors (Lipinski definition) is 2. The number of anilines is 3. The van der Waals surface area contributed by atoms with Gasteiger partial charge in [0.25, 0.3) is 0 Å². The van der Waals surface area contributed by atoms with Crippen LogP contribution < -0.4 is 11.1 Å². The summed E-state index contributed by atoms with van der Waals surface area (Å²) < 4.78 is 46.7. The van der Waals surface area contributed by atoms with Crippen molar-refractivity contribution in [3.63, 3.8) is 0 Å². The monoisotopic (exact) mass is 340 g/mol. The zero-order chi connectivity index (χ0) is 16.7. The van der Waals surface area contributed by atoms with Crippen molar-refractivity contribution in [3.8, 4) is 0 Å². The molecule has 120 valence electrons. The van der Waals surface area contributed by atoms with E-state index in [0.29, 0.717) is 5.69 Å². The van der Waals surface area contributed by atoms with E-state index in [2.05, 4.69) is 5.32 Å². The highest BCUT2D eigenvalue weighted by Crippen LogP contribution is 2.38. The van der Waals surface area contributed by atoms with Crippen LogP contribution in [0.25, 0.3) is 11.0 Å². The predicted molar refractivity (Wildman–Crippen MR) is 84.6 cm³/mol. The van der Waals surface area contributed by atoms with E-state index in [4.69, 9.17) is 21.8 Å². The van der Waals surface area contributed by atoms with Crippen molar-refractivity contribution in [2.75, 3.05) is 11.1 Å². The summed E-state index contributed by atoms with van der Waals surface area (Å²) in [4.78, 5) is 0. The third kappa shape index (κ3) is 2.59. The Bertz CT molecular complexity index is 908. The molecule has 1 heterocycles. The molecule has 0 unspecified atom stereocenters. The van der Waals surface area contributed by atoms with Gasteiger partial charge in [-0.2, -0.15) is 0 Å². The summed E-state index contributed by atoms with van der Waals surface area (Å²) in [6.45, 7) is 1.64. The SMILES string of the molecule is CCc1c(F)cc2c(Nc3ccc(F)c(Cl)c3)c(N)oc2c1F. The summed E-state index contributed by atoms with van der Waals surface area (Å²) in [7, 11) is 0. The maximum Gasteiger partial charge on any atom is 0.215 e. The topological polar surface area (TPSA) is 51.2 Å². The zero-order valence-corrected chi connectivity index (χ0v) is 12.8. The van der Waals surface area contributed by atoms with E-state index in [1.54, 1.807) is 6.92 Å². The average Bonchev–Trinajstić information content (AvgIpc) is 2.80. The van der Waals surface area contributed by atoms with Gasteiger partial charge in [-0.3, -0.25) is 0 Å². The van der Waals surface area contributed by atoms with Gasteiger partial charge in [0.2, 0.25) is 5.88 Å². The molecule has 3 N–H and O–H groups in total. The molecule has 3 nitrogen and oxygen atoms in total. The molecule has 0 spiro atoms. The fourth-order valence-electron chi connectivity index (χ4n) is 2.39. The van der Waals surface area contributed by atoms with Crippen molar-refractivity contribution in [2.24, 2.45) is 0 Å². The molecule has 0 bridgehead atoms. The number of nitrogens with one attached hydrogen (secondary N) is 1. The highest BCUT2D eigenvalue weighted by Gasteiger charge is 2.21. The van der Waals surface area contributed by atoms with Crippen LogP contribution in [0.2, 0.25) is 5.02 Å². The van der Waals surface area contributed by atoms with Crippen molar-refractivity contribution in [2.45, 2.75) is 13.3 Å². The molecule has 2 aromatic carbocycles. The molecule has 0 radical (unpaired) electrons. The van der Waals surface area contributed by atoms with Crippen LogP contribution in [-0.2, 0) is 6.42 Å². The maximum atomic E-state index is 14.3. The predicted octanol–water partition coefficient (Wildman–Crippen LogP) is 5.39. The van der Waals surface area contributed by atoms with E-state index in [9.17, 15) is 13.2 Å².